The number of hydrogen-bond donors (Lipinski definition) is 1. The molecule has 9 heteroatoms. The lowest BCUT2D eigenvalue weighted by Gasteiger charge is -2.30. The average Bonchev–Trinajstić information content (AvgIpc) is 2.63. The Morgan fingerprint density at radius 2 is 1.79 bits per heavy atom. The molecule has 0 atom stereocenters. The fourth-order valence-electron chi connectivity index (χ4n) is 3.40. The second-order valence-corrected chi connectivity index (χ2v) is 10.9. The number of aryl methyl sites for hydroxylation is 2. The van der Waals surface area contributed by atoms with E-state index in [2.05, 4.69) is 4.72 Å². The van der Waals surface area contributed by atoms with Gasteiger partial charge in [-0.1, -0.05) is 12.1 Å². The Labute approximate surface area is 171 Å². The first-order chi connectivity index (χ1) is 13.5. The van der Waals surface area contributed by atoms with Crippen LogP contribution in [0, 0.1) is 13.8 Å². The molecule has 0 amide bonds. The first-order valence-electron chi connectivity index (χ1n) is 9.27. The predicted octanol–water partition coefficient (Wildman–Crippen LogP) is 3.24. The molecular formula is C20H24N2O5S2. The van der Waals surface area contributed by atoms with Crippen molar-refractivity contribution in [3.05, 3.63) is 53.1 Å². The summed E-state index contributed by atoms with van der Waals surface area (Å²) < 4.78 is 54.6. The Bertz CT molecular complexity index is 1170. The van der Waals surface area contributed by atoms with Crippen LogP contribution in [0.1, 0.15) is 41.3 Å². The molecule has 0 aliphatic carbocycles. The predicted molar refractivity (Wildman–Crippen MR) is 114 cm³/mol. The van der Waals surface area contributed by atoms with Crippen molar-refractivity contribution in [1.82, 2.24) is 0 Å². The Morgan fingerprint density at radius 3 is 2.45 bits per heavy atom. The van der Waals surface area contributed by atoms with Crippen molar-refractivity contribution in [2.75, 3.05) is 21.3 Å². The van der Waals surface area contributed by atoms with Gasteiger partial charge in [-0.05, 0) is 69.0 Å². The van der Waals surface area contributed by atoms with E-state index >= 15 is 0 Å². The van der Waals surface area contributed by atoms with Crippen molar-refractivity contribution in [2.45, 2.75) is 38.5 Å². The number of benzene rings is 2. The Morgan fingerprint density at radius 1 is 1.07 bits per heavy atom. The normalized spacial score (nSPS) is 16.4. The van der Waals surface area contributed by atoms with Crippen molar-refractivity contribution in [1.29, 1.82) is 0 Å². The molecule has 0 unspecified atom stereocenters. The molecule has 1 fully saturated rings. The van der Waals surface area contributed by atoms with E-state index in [0.717, 1.165) is 6.42 Å². The van der Waals surface area contributed by atoms with E-state index in [4.69, 9.17) is 0 Å². The topological polar surface area (TPSA) is 101 Å². The third-order valence-corrected chi connectivity index (χ3v) is 8.30. The monoisotopic (exact) mass is 436 g/mol. The first kappa shape index (κ1) is 21.3. The van der Waals surface area contributed by atoms with Gasteiger partial charge in [-0.15, -0.1) is 0 Å². The molecule has 2 aromatic carbocycles. The summed E-state index contributed by atoms with van der Waals surface area (Å²) in [6.45, 7) is 5.15. The summed E-state index contributed by atoms with van der Waals surface area (Å²) in [5.74, 6) is -0.0651. The molecule has 156 valence electrons. The molecule has 3 rings (SSSR count). The van der Waals surface area contributed by atoms with Gasteiger partial charge in [0.15, 0.2) is 5.78 Å². The molecule has 7 nitrogen and oxygen atoms in total. The van der Waals surface area contributed by atoms with Crippen LogP contribution < -0.4 is 9.03 Å². The van der Waals surface area contributed by atoms with Crippen LogP contribution in [0.25, 0.3) is 0 Å². The van der Waals surface area contributed by atoms with Crippen LogP contribution in [0.2, 0.25) is 0 Å². The number of carbonyl (C=O) groups excluding carboxylic acids is 1. The highest BCUT2D eigenvalue weighted by Crippen LogP contribution is 2.31. The van der Waals surface area contributed by atoms with Gasteiger partial charge in [0, 0.05) is 17.8 Å². The molecule has 1 heterocycles. The Hall–Kier alpha value is -2.39. The summed E-state index contributed by atoms with van der Waals surface area (Å²) in [4.78, 5) is 11.6. The fourth-order valence-corrected chi connectivity index (χ4v) is 6.46. The van der Waals surface area contributed by atoms with Gasteiger partial charge in [0.05, 0.1) is 16.3 Å². The number of anilines is 2. The van der Waals surface area contributed by atoms with E-state index in [1.807, 2.05) is 0 Å². The van der Waals surface area contributed by atoms with Crippen LogP contribution in [-0.2, 0) is 20.0 Å². The van der Waals surface area contributed by atoms with E-state index in [0.29, 0.717) is 35.3 Å². The maximum absolute atomic E-state index is 12.9. The second kappa shape index (κ2) is 7.79. The number of hydrogen-bond acceptors (Lipinski definition) is 5. The number of Topliss-reactive ketones (excluding diaryl/α,β-unsaturated/α-hetero) is 1. The maximum atomic E-state index is 12.9. The fraction of sp³-hybridized carbons (Fsp3) is 0.350. The van der Waals surface area contributed by atoms with Gasteiger partial charge < -0.3 is 0 Å². The molecule has 0 saturated carbocycles. The summed E-state index contributed by atoms with van der Waals surface area (Å²) in [7, 11) is -7.30. The minimum absolute atomic E-state index is 0.0707. The highest BCUT2D eigenvalue weighted by atomic mass is 32.2. The highest BCUT2D eigenvalue weighted by molar-refractivity contribution is 7.93. The third-order valence-electron chi connectivity index (χ3n) is 4.92. The van der Waals surface area contributed by atoms with Gasteiger partial charge >= 0.3 is 0 Å². The molecule has 1 aliphatic rings. The van der Waals surface area contributed by atoms with Crippen molar-refractivity contribution in [2.24, 2.45) is 0 Å². The van der Waals surface area contributed by atoms with Crippen molar-refractivity contribution >= 4 is 37.2 Å². The average molecular weight is 437 g/mol. The zero-order valence-electron chi connectivity index (χ0n) is 16.6. The summed E-state index contributed by atoms with van der Waals surface area (Å²) in [5.41, 5.74) is 2.22. The van der Waals surface area contributed by atoms with Gasteiger partial charge in [0.2, 0.25) is 10.0 Å². The summed E-state index contributed by atoms with van der Waals surface area (Å²) >= 11 is 0. The van der Waals surface area contributed by atoms with Crippen LogP contribution in [0.3, 0.4) is 0 Å². The molecule has 29 heavy (non-hydrogen) atoms. The lowest BCUT2D eigenvalue weighted by molar-refractivity contribution is 0.101. The van der Waals surface area contributed by atoms with Crippen LogP contribution in [-0.4, -0.2) is 34.9 Å². The standard InChI is InChI=1S/C20H24N2O5S2/c1-14-12-20(15(2)11-19(14)22-9-4-5-10-28(22,24)25)29(26,27)21-18-8-6-7-17(13-18)16(3)23/h6-8,11-13,21H,4-5,9-10H2,1-3H3. The molecular weight excluding hydrogens is 412 g/mol. The number of nitrogens with one attached hydrogen (secondary N) is 1. The van der Waals surface area contributed by atoms with E-state index in [9.17, 15) is 21.6 Å². The lowest BCUT2D eigenvalue weighted by Crippen LogP contribution is -2.38. The largest absolute Gasteiger partial charge is 0.295 e. The minimum atomic E-state index is -3.91. The van der Waals surface area contributed by atoms with Crippen molar-refractivity contribution in [3.63, 3.8) is 0 Å². The SMILES string of the molecule is CC(=O)c1cccc(NS(=O)(=O)c2cc(C)c(N3CCCCS3(=O)=O)cc2C)c1. The molecule has 1 saturated heterocycles. The maximum Gasteiger partial charge on any atom is 0.262 e. The highest BCUT2D eigenvalue weighted by Gasteiger charge is 2.28. The quantitative estimate of drug-likeness (QED) is 0.725. The number of nitrogens with zero attached hydrogens (tertiary/aromatic N) is 1. The smallest absolute Gasteiger partial charge is 0.262 e. The van der Waals surface area contributed by atoms with Crippen LogP contribution in [0.5, 0.6) is 0 Å². The molecule has 0 aromatic heterocycles. The molecule has 1 aliphatic heterocycles. The molecule has 0 spiro atoms. The van der Waals surface area contributed by atoms with E-state index in [1.165, 1.54) is 23.4 Å². The summed E-state index contributed by atoms with van der Waals surface area (Å²) in [6.07, 6.45) is 1.40. The van der Waals surface area contributed by atoms with Crippen molar-refractivity contribution < 1.29 is 21.6 Å². The van der Waals surface area contributed by atoms with Gasteiger partial charge in [0.1, 0.15) is 0 Å². The van der Waals surface area contributed by atoms with Crippen LogP contribution >= 0.6 is 0 Å². The first-order valence-corrected chi connectivity index (χ1v) is 12.4. The molecule has 0 radical (unpaired) electrons. The van der Waals surface area contributed by atoms with Gasteiger partial charge in [-0.3, -0.25) is 13.8 Å². The number of sulfonamides is 2. The minimum Gasteiger partial charge on any atom is -0.295 e. The van der Waals surface area contributed by atoms with Gasteiger partial charge in [-0.25, -0.2) is 16.8 Å². The third kappa shape index (κ3) is 4.45. The van der Waals surface area contributed by atoms with Crippen LogP contribution in [0.15, 0.2) is 41.3 Å². The zero-order chi connectivity index (χ0) is 21.4. The zero-order valence-corrected chi connectivity index (χ0v) is 18.2. The van der Waals surface area contributed by atoms with Crippen LogP contribution in [0.4, 0.5) is 11.4 Å². The Kier molecular flexibility index (Phi) is 5.73. The van der Waals surface area contributed by atoms with Crippen molar-refractivity contribution in [3.8, 4) is 0 Å². The van der Waals surface area contributed by atoms with Gasteiger partial charge in [-0.2, -0.15) is 0 Å². The second-order valence-electron chi connectivity index (χ2n) is 7.24. The summed E-state index contributed by atoms with van der Waals surface area (Å²) in [6, 6.07) is 9.38. The molecule has 0 bridgehead atoms. The number of carbonyl (C=O) groups is 1. The van der Waals surface area contributed by atoms with E-state index in [1.54, 1.807) is 38.1 Å². The number of ketones is 1. The summed E-state index contributed by atoms with van der Waals surface area (Å²) in [5, 5.41) is 0. The molecule has 2 aromatic rings. The number of rotatable bonds is 5. The Balaban J connectivity index is 1.98. The van der Waals surface area contributed by atoms with E-state index in [-0.39, 0.29) is 22.1 Å². The van der Waals surface area contributed by atoms with E-state index < -0.39 is 20.0 Å². The molecule has 1 N–H and O–H groups in total. The lowest BCUT2D eigenvalue weighted by atomic mass is 10.1. The van der Waals surface area contributed by atoms with Gasteiger partial charge in [0.25, 0.3) is 10.0 Å².